The number of hydrogen-bond donors (Lipinski definition) is 0. The van der Waals surface area contributed by atoms with Crippen LogP contribution >= 0.6 is 0 Å². The van der Waals surface area contributed by atoms with E-state index in [1.807, 2.05) is 37.3 Å². The lowest BCUT2D eigenvalue weighted by Crippen LogP contribution is -2.16. The second-order valence-electron chi connectivity index (χ2n) is 6.65. The molecular weight excluding hydrogens is 304 g/mol. The van der Waals surface area contributed by atoms with Crippen LogP contribution in [-0.4, -0.2) is 18.5 Å². The largest absolute Gasteiger partial charge is 0.466 e. The number of benzene rings is 1. The van der Waals surface area contributed by atoms with Crippen molar-refractivity contribution in [3.8, 4) is 0 Å². The van der Waals surface area contributed by atoms with E-state index in [1.54, 1.807) is 12.1 Å². The van der Waals surface area contributed by atoms with Gasteiger partial charge in [0, 0.05) is 0 Å². The van der Waals surface area contributed by atoms with E-state index < -0.39 is 0 Å². The third-order valence-corrected chi connectivity index (χ3v) is 5.32. The first kappa shape index (κ1) is 15.2. The van der Waals surface area contributed by atoms with E-state index >= 15 is 0 Å². The minimum atomic E-state index is -0.329. The summed E-state index contributed by atoms with van der Waals surface area (Å²) in [5.74, 6) is 1.57. The van der Waals surface area contributed by atoms with Gasteiger partial charge in [-0.2, -0.15) is 0 Å². The first-order valence-corrected chi connectivity index (χ1v) is 8.53. The summed E-state index contributed by atoms with van der Waals surface area (Å²) in [5.41, 5.74) is 1.86. The van der Waals surface area contributed by atoms with Crippen LogP contribution in [0.1, 0.15) is 30.1 Å². The molecule has 3 aliphatic rings. The lowest BCUT2D eigenvalue weighted by molar-refractivity contribution is -0.145. The van der Waals surface area contributed by atoms with E-state index in [1.165, 1.54) is 5.57 Å². The first-order chi connectivity index (χ1) is 11.7. The van der Waals surface area contributed by atoms with Crippen molar-refractivity contribution >= 4 is 11.9 Å². The fraction of sp³-hybridized carbons (Fsp3) is 0.400. The van der Waals surface area contributed by atoms with Gasteiger partial charge in [0.25, 0.3) is 0 Å². The van der Waals surface area contributed by atoms with Gasteiger partial charge in [0.05, 0.1) is 18.1 Å². The normalized spacial score (nSPS) is 29.7. The van der Waals surface area contributed by atoms with Crippen LogP contribution in [0, 0.1) is 23.7 Å². The minimum absolute atomic E-state index is 0.0446. The van der Waals surface area contributed by atoms with Gasteiger partial charge in [0.2, 0.25) is 0 Å². The predicted octanol–water partition coefficient (Wildman–Crippen LogP) is 3.50. The van der Waals surface area contributed by atoms with Crippen molar-refractivity contribution in [3.05, 3.63) is 59.4 Å². The zero-order valence-corrected chi connectivity index (χ0v) is 13.6. The number of ether oxygens (including phenoxy) is 2. The van der Waals surface area contributed by atoms with Crippen molar-refractivity contribution in [3.63, 3.8) is 0 Å². The van der Waals surface area contributed by atoms with Crippen molar-refractivity contribution in [1.29, 1.82) is 0 Å². The molecule has 2 fully saturated rings. The van der Waals surface area contributed by atoms with E-state index in [-0.39, 0.29) is 17.9 Å². The van der Waals surface area contributed by atoms with E-state index in [2.05, 4.69) is 0 Å². The molecule has 1 aromatic rings. The molecule has 0 heterocycles. The Morgan fingerprint density at radius 1 is 1.21 bits per heavy atom. The fourth-order valence-electron chi connectivity index (χ4n) is 4.22. The molecule has 0 amide bonds. The summed E-state index contributed by atoms with van der Waals surface area (Å²) in [6.07, 6.45) is 5.71. The van der Waals surface area contributed by atoms with Gasteiger partial charge in [-0.1, -0.05) is 23.8 Å². The number of esters is 2. The van der Waals surface area contributed by atoms with Crippen LogP contribution in [0.25, 0.3) is 0 Å². The topological polar surface area (TPSA) is 52.6 Å². The van der Waals surface area contributed by atoms with Gasteiger partial charge in [0.15, 0.2) is 0 Å². The van der Waals surface area contributed by atoms with Crippen LogP contribution in [-0.2, 0) is 14.3 Å². The van der Waals surface area contributed by atoms with Gasteiger partial charge in [-0.25, -0.2) is 4.79 Å². The van der Waals surface area contributed by atoms with Crippen LogP contribution in [0.3, 0.4) is 0 Å². The quantitative estimate of drug-likeness (QED) is 0.796. The molecule has 0 N–H and O–H groups in total. The molecule has 0 saturated heterocycles. The minimum Gasteiger partial charge on any atom is -0.466 e. The van der Waals surface area contributed by atoms with Crippen LogP contribution in [0.5, 0.6) is 0 Å². The molecule has 0 aromatic heterocycles. The lowest BCUT2D eigenvalue weighted by Gasteiger charge is -2.21. The lowest BCUT2D eigenvalue weighted by atomic mass is 9.87. The van der Waals surface area contributed by atoms with Crippen molar-refractivity contribution in [1.82, 2.24) is 0 Å². The zero-order chi connectivity index (χ0) is 16.7. The molecule has 2 saturated carbocycles. The summed E-state index contributed by atoms with van der Waals surface area (Å²) in [6.45, 7) is 2.29. The first-order valence-electron chi connectivity index (χ1n) is 8.53. The van der Waals surface area contributed by atoms with E-state index in [0.29, 0.717) is 35.7 Å². The van der Waals surface area contributed by atoms with E-state index in [4.69, 9.17) is 9.47 Å². The monoisotopic (exact) mass is 324 g/mol. The maximum atomic E-state index is 12.1. The molecular formula is C20H20O4. The Morgan fingerprint density at radius 3 is 2.75 bits per heavy atom. The molecule has 3 aliphatic carbocycles. The Morgan fingerprint density at radius 2 is 2.00 bits per heavy atom. The van der Waals surface area contributed by atoms with E-state index in [0.717, 1.165) is 12.8 Å². The molecule has 4 heteroatoms. The Labute approximate surface area is 141 Å². The second kappa shape index (κ2) is 5.93. The summed E-state index contributed by atoms with van der Waals surface area (Å²) in [5, 5.41) is 0. The maximum absolute atomic E-state index is 12.1. The molecule has 4 atom stereocenters. The van der Waals surface area contributed by atoms with E-state index in [9.17, 15) is 9.59 Å². The van der Waals surface area contributed by atoms with Crippen LogP contribution in [0.15, 0.2) is 53.8 Å². The summed E-state index contributed by atoms with van der Waals surface area (Å²) < 4.78 is 10.7. The Hall–Kier alpha value is -2.36. The highest BCUT2D eigenvalue weighted by atomic mass is 16.5. The Bertz CT molecular complexity index is 731. The number of fused-ring (bicyclic) bond motifs is 3. The van der Waals surface area contributed by atoms with Gasteiger partial charge in [-0.05, 0) is 61.8 Å². The van der Waals surface area contributed by atoms with Crippen molar-refractivity contribution in [2.24, 2.45) is 23.7 Å². The molecule has 24 heavy (non-hydrogen) atoms. The van der Waals surface area contributed by atoms with Crippen LogP contribution in [0.2, 0.25) is 0 Å². The Balaban J connectivity index is 1.40. The molecule has 0 radical (unpaired) electrons. The van der Waals surface area contributed by atoms with Gasteiger partial charge in [-0.15, -0.1) is 0 Å². The summed E-state index contributed by atoms with van der Waals surface area (Å²) in [6, 6.07) is 9.00. The summed E-state index contributed by atoms with van der Waals surface area (Å²) >= 11 is 0. The molecule has 0 spiro atoms. The number of carbonyl (C=O) groups is 2. The highest BCUT2D eigenvalue weighted by molar-refractivity contribution is 5.90. The molecule has 1 aromatic carbocycles. The third-order valence-electron chi connectivity index (χ3n) is 5.32. The summed E-state index contributed by atoms with van der Waals surface area (Å²) in [7, 11) is 0. The fourth-order valence-corrected chi connectivity index (χ4v) is 4.22. The number of rotatable bonds is 4. The molecule has 124 valence electrons. The SMILES string of the molecule is CCOC(=O)[C@H]1[C@@H]2CC3=CC(OC(=O)c4ccccc4)=CCC3[C@@H]21. The number of allylic oxidation sites excluding steroid dienone is 3. The third kappa shape index (κ3) is 2.56. The average molecular weight is 324 g/mol. The summed E-state index contributed by atoms with van der Waals surface area (Å²) in [4.78, 5) is 24.1. The van der Waals surface area contributed by atoms with Crippen molar-refractivity contribution < 1.29 is 19.1 Å². The smallest absolute Gasteiger partial charge is 0.343 e. The standard InChI is InChI=1S/C20H20O4/c1-2-23-20(22)18-16-11-13-10-14(8-9-15(13)17(16)18)24-19(21)12-6-4-3-5-7-12/h3-8,10,15-18H,2,9,11H2,1H3/t15?,16-,17+,18+/m1/s1. The highest BCUT2D eigenvalue weighted by Crippen LogP contribution is 2.64. The van der Waals surface area contributed by atoms with Gasteiger partial charge >= 0.3 is 11.9 Å². The molecule has 4 nitrogen and oxygen atoms in total. The van der Waals surface area contributed by atoms with Crippen molar-refractivity contribution in [2.75, 3.05) is 6.61 Å². The molecule has 1 unspecified atom stereocenters. The van der Waals surface area contributed by atoms with Gasteiger partial charge < -0.3 is 9.47 Å². The molecule has 0 bridgehead atoms. The Kier molecular flexibility index (Phi) is 3.75. The van der Waals surface area contributed by atoms with Crippen LogP contribution in [0.4, 0.5) is 0 Å². The molecule has 0 aliphatic heterocycles. The van der Waals surface area contributed by atoms with Crippen molar-refractivity contribution in [2.45, 2.75) is 19.8 Å². The second-order valence-corrected chi connectivity index (χ2v) is 6.65. The number of hydrogen-bond acceptors (Lipinski definition) is 4. The number of carbonyl (C=O) groups excluding carboxylic acids is 2. The van der Waals surface area contributed by atoms with Gasteiger partial charge in [-0.3, -0.25) is 4.79 Å². The average Bonchev–Trinajstić information content (AvgIpc) is 3.18. The van der Waals surface area contributed by atoms with Gasteiger partial charge in [0.1, 0.15) is 5.76 Å². The predicted molar refractivity (Wildman–Crippen MR) is 87.9 cm³/mol. The maximum Gasteiger partial charge on any atom is 0.343 e. The highest BCUT2D eigenvalue weighted by Gasteiger charge is 2.63. The molecule has 4 rings (SSSR count). The van der Waals surface area contributed by atoms with Crippen LogP contribution < -0.4 is 0 Å². The zero-order valence-electron chi connectivity index (χ0n) is 13.6.